The van der Waals surface area contributed by atoms with Gasteiger partial charge in [0, 0.05) is 10.0 Å². The molecule has 0 unspecified atom stereocenters. The summed E-state index contributed by atoms with van der Waals surface area (Å²) in [5.74, 6) is -0.273. The van der Waals surface area contributed by atoms with Crippen molar-refractivity contribution in [3.05, 3.63) is 69.7 Å². The van der Waals surface area contributed by atoms with E-state index in [4.69, 9.17) is 32.7 Å². The van der Waals surface area contributed by atoms with Crippen molar-refractivity contribution in [2.24, 2.45) is 17.3 Å². The second kappa shape index (κ2) is 12.3. The Balaban J connectivity index is 2.06. The summed E-state index contributed by atoms with van der Waals surface area (Å²) in [6.07, 6.45) is 1.01. The van der Waals surface area contributed by atoms with Crippen molar-refractivity contribution in [3.8, 4) is 0 Å². The van der Waals surface area contributed by atoms with Gasteiger partial charge in [-0.3, -0.25) is 9.59 Å². The zero-order chi connectivity index (χ0) is 23.7. The van der Waals surface area contributed by atoms with Crippen LogP contribution in [0.5, 0.6) is 0 Å². The number of halogens is 2. The third kappa shape index (κ3) is 8.48. The number of hydrogen-bond acceptors (Lipinski definition) is 4. The third-order valence-electron chi connectivity index (χ3n) is 5.61. The molecule has 32 heavy (non-hydrogen) atoms. The summed E-state index contributed by atoms with van der Waals surface area (Å²) in [5.41, 5.74) is 1.10. The fraction of sp³-hybridized carbons (Fsp3) is 0.462. The van der Waals surface area contributed by atoms with Crippen molar-refractivity contribution >= 4 is 35.1 Å². The predicted octanol–water partition coefficient (Wildman–Crippen LogP) is 7.25. The fourth-order valence-corrected chi connectivity index (χ4v) is 4.35. The average molecular weight is 479 g/mol. The van der Waals surface area contributed by atoms with Crippen LogP contribution < -0.4 is 0 Å². The summed E-state index contributed by atoms with van der Waals surface area (Å²) in [4.78, 5) is 25.6. The highest BCUT2D eigenvalue weighted by Crippen LogP contribution is 2.42. The molecule has 6 heteroatoms. The molecule has 0 amide bonds. The number of benzene rings is 2. The minimum absolute atomic E-state index is 0.0855. The molecule has 0 atom stereocenters. The molecular weight excluding hydrogens is 447 g/mol. The van der Waals surface area contributed by atoms with E-state index < -0.39 is 5.41 Å². The van der Waals surface area contributed by atoms with Crippen LogP contribution in [0.2, 0.25) is 10.0 Å². The van der Waals surface area contributed by atoms with Gasteiger partial charge in [0.05, 0.1) is 12.8 Å². The SMILES string of the molecule is CC(C)CC(CC(=O)OCc1cccc(Cl)c1)(CC(=O)OCc1cccc(Cl)c1)C(C)C. The van der Waals surface area contributed by atoms with Gasteiger partial charge in [0.15, 0.2) is 0 Å². The Labute approximate surface area is 201 Å². The molecule has 0 spiro atoms. The molecule has 0 saturated carbocycles. The van der Waals surface area contributed by atoms with Crippen LogP contribution in [0.1, 0.15) is 58.1 Å². The maximum Gasteiger partial charge on any atom is 0.306 e. The van der Waals surface area contributed by atoms with Gasteiger partial charge in [-0.15, -0.1) is 0 Å². The van der Waals surface area contributed by atoms with Gasteiger partial charge in [-0.25, -0.2) is 0 Å². The minimum atomic E-state index is -0.551. The van der Waals surface area contributed by atoms with E-state index in [0.717, 1.165) is 11.1 Å². The van der Waals surface area contributed by atoms with E-state index in [0.29, 0.717) is 22.4 Å². The lowest BCUT2D eigenvalue weighted by Crippen LogP contribution is -2.35. The molecule has 0 fully saturated rings. The summed E-state index contributed by atoms with van der Waals surface area (Å²) in [5, 5.41) is 1.19. The standard InChI is InChI=1S/C26H32Cl2O4/c1-18(2)13-26(19(3)4,14-24(29)31-16-20-7-5-9-22(27)11-20)15-25(30)32-17-21-8-6-10-23(28)12-21/h5-12,18-19H,13-17H2,1-4H3. The lowest BCUT2D eigenvalue weighted by Gasteiger charge is -2.37. The number of hydrogen-bond donors (Lipinski definition) is 0. The Bertz CT molecular complexity index is 845. The van der Waals surface area contributed by atoms with Crippen LogP contribution in [0.3, 0.4) is 0 Å². The van der Waals surface area contributed by atoms with Crippen LogP contribution in [0.15, 0.2) is 48.5 Å². The first-order chi connectivity index (χ1) is 15.1. The zero-order valence-corrected chi connectivity index (χ0v) is 20.7. The fourth-order valence-electron chi connectivity index (χ4n) is 3.92. The van der Waals surface area contributed by atoms with Crippen LogP contribution in [0.4, 0.5) is 0 Å². The summed E-state index contributed by atoms with van der Waals surface area (Å²) in [6.45, 7) is 8.55. The van der Waals surface area contributed by atoms with Gasteiger partial charge in [0.2, 0.25) is 0 Å². The molecule has 0 saturated heterocycles. The van der Waals surface area contributed by atoms with E-state index in [1.807, 2.05) is 38.1 Å². The minimum Gasteiger partial charge on any atom is -0.461 e. The van der Waals surface area contributed by atoms with E-state index in [1.165, 1.54) is 0 Å². The molecule has 0 aliphatic carbocycles. The number of carbonyl (C=O) groups is 2. The Morgan fingerprint density at radius 1 is 0.812 bits per heavy atom. The first-order valence-corrected chi connectivity index (χ1v) is 11.7. The average Bonchev–Trinajstić information content (AvgIpc) is 2.70. The van der Waals surface area contributed by atoms with Gasteiger partial charge >= 0.3 is 11.9 Å². The first-order valence-electron chi connectivity index (χ1n) is 10.9. The third-order valence-corrected chi connectivity index (χ3v) is 6.08. The molecule has 0 N–H and O–H groups in total. The van der Waals surface area contributed by atoms with E-state index in [9.17, 15) is 9.59 Å². The summed E-state index contributed by atoms with van der Waals surface area (Å²) in [7, 11) is 0. The van der Waals surface area contributed by atoms with Crippen molar-refractivity contribution in [2.75, 3.05) is 0 Å². The van der Waals surface area contributed by atoms with Crippen LogP contribution in [0, 0.1) is 17.3 Å². The largest absolute Gasteiger partial charge is 0.461 e. The number of ether oxygens (including phenoxy) is 2. The van der Waals surface area contributed by atoms with Crippen LogP contribution in [-0.2, 0) is 32.3 Å². The molecule has 0 aromatic heterocycles. The van der Waals surface area contributed by atoms with Crippen molar-refractivity contribution in [2.45, 2.75) is 60.2 Å². The maximum absolute atomic E-state index is 12.8. The molecule has 0 radical (unpaired) electrons. The van der Waals surface area contributed by atoms with Crippen molar-refractivity contribution in [3.63, 3.8) is 0 Å². The van der Waals surface area contributed by atoms with Gasteiger partial charge in [-0.05, 0) is 59.1 Å². The molecule has 2 rings (SSSR count). The predicted molar refractivity (Wildman–Crippen MR) is 128 cm³/mol. The molecule has 2 aromatic carbocycles. The molecular formula is C26H32Cl2O4. The summed E-state index contributed by atoms with van der Waals surface area (Å²) < 4.78 is 11.1. The molecule has 0 heterocycles. The highest BCUT2D eigenvalue weighted by Gasteiger charge is 2.40. The number of esters is 2. The van der Waals surface area contributed by atoms with Gasteiger partial charge < -0.3 is 9.47 Å². The van der Waals surface area contributed by atoms with Crippen LogP contribution in [-0.4, -0.2) is 11.9 Å². The summed E-state index contributed by atoms with van der Waals surface area (Å²) in [6, 6.07) is 14.4. The van der Waals surface area contributed by atoms with Crippen LogP contribution >= 0.6 is 23.2 Å². The Kier molecular flexibility index (Phi) is 10.0. The molecule has 174 valence electrons. The maximum atomic E-state index is 12.8. The lowest BCUT2D eigenvalue weighted by atomic mass is 9.67. The van der Waals surface area contributed by atoms with E-state index in [1.54, 1.807) is 24.3 Å². The lowest BCUT2D eigenvalue weighted by molar-refractivity contribution is -0.154. The Hall–Kier alpha value is -2.04. The Morgan fingerprint density at radius 2 is 1.25 bits per heavy atom. The number of carbonyl (C=O) groups excluding carboxylic acids is 2. The molecule has 0 aliphatic heterocycles. The number of rotatable bonds is 11. The Morgan fingerprint density at radius 3 is 1.59 bits per heavy atom. The van der Waals surface area contributed by atoms with Crippen LogP contribution in [0.25, 0.3) is 0 Å². The van der Waals surface area contributed by atoms with Crippen molar-refractivity contribution in [1.29, 1.82) is 0 Å². The molecule has 4 nitrogen and oxygen atoms in total. The highest BCUT2D eigenvalue weighted by molar-refractivity contribution is 6.30. The normalized spacial score (nSPS) is 11.6. The second-order valence-electron chi connectivity index (χ2n) is 9.05. The second-order valence-corrected chi connectivity index (χ2v) is 9.92. The highest BCUT2D eigenvalue weighted by atomic mass is 35.5. The summed E-state index contributed by atoms with van der Waals surface area (Å²) >= 11 is 12.0. The molecule has 2 aromatic rings. The first kappa shape index (κ1) is 26.2. The van der Waals surface area contributed by atoms with E-state index in [2.05, 4.69) is 13.8 Å². The van der Waals surface area contributed by atoms with Gasteiger partial charge in [-0.1, -0.05) is 75.2 Å². The van der Waals surface area contributed by atoms with E-state index >= 15 is 0 Å². The van der Waals surface area contributed by atoms with Crippen molar-refractivity contribution < 1.29 is 19.1 Å². The van der Waals surface area contributed by atoms with Crippen molar-refractivity contribution in [1.82, 2.24) is 0 Å². The molecule has 0 bridgehead atoms. The zero-order valence-electron chi connectivity index (χ0n) is 19.2. The van der Waals surface area contributed by atoms with Gasteiger partial charge in [0.1, 0.15) is 13.2 Å². The van der Waals surface area contributed by atoms with Gasteiger partial charge in [0.25, 0.3) is 0 Å². The smallest absolute Gasteiger partial charge is 0.306 e. The quantitative estimate of drug-likeness (QED) is 0.319. The van der Waals surface area contributed by atoms with E-state index in [-0.39, 0.29) is 43.9 Å². The monoisotopic (exact) mass is 478 g/mol. The topological polar surface area (TPSA) is 52.6 Å². The molecule has 0 aliphatic rings. The van der Waals surface area contributed by atoms with Gasteiger partial charge in [-0.2, -0.15) is 0 Å².